The normalized spacial score (nSPS) is 10.9. The van der Waals surface area contributed by atoms with Crippen molar-refractivity contribution in [2.75, 3.05) is 12.4 Å². The van der Waals surface area contributed by atoms with Gasteiger partial charge in [0.1, 0.15) is 5.56 Å². The zero-order valence-electron chi connectivity index (χ0n) is 16.0. The number of fused-ring (bicyclic) bond motifs is 1. The number of aryl methyl sites for hydroxylation is 1. The Morgan fingerprint density at radius 2 is 2.00 bits per heavy atom. The Bertz CT molecular complexity index is 1310. The van der Waals surface area contributed by atoms with E-state index in [2.05, 4.69) is 15.3 Å². The van der Waals surface area contributed by atoms with E-state index in [1.54, 1.807) is 12.3 Å². The quantitative estimate of drug-likeness (QED) is 0.478. The zero-order valence-corrected chi connectivity index (χ0v) is 17.7. The van der Waals surface area contributed by atoms with Gasteiger partial charge in [-0.25, -0.2) is 14.8 Å². The Balaban J connectivity index is 1.65. The van der Waals surface area contributed by atoms with Gasteiger partial charge in [0.05, 0.1) is 7.11 Å². The highest BCUT2D eigenvalue weighted by Crippen LogP contribution is 2.27. The fraction of sp³-hybridized carbons (Fsp3) is 0.150. The molecule has 0 saturated heterocycles. The van der Waals surface area contributed by atoms with Crippen LogP contribution in [0, 0.1) is 6.92 Å². The fourth-order valence-electron chi connectivity index (χ4n) is 2.91. The van der Waals surface area contributed by atoms with E-state index in [1.807, 2.05) is 30.3 Å². The highest BCUT2D eigenvalue weighted by atomic mass is 32.1. The average Bonchev–Trinajstić information content (AvgIpc) is 3.32. The lowest BCUT2D eigenvalue weighted by atomic mass is 10.1. The van der Waals surface area contributed by atoms with E-state index in [4.69, 9.17) is 4.74 Å². The van der Waals surface area contributed by atoms with Crippen LogP contribution >= 0.6 is 22.7 Å². The summed E-state index contributed by atoms with van der Waals surface area (Å²) in [7, 11) is 1.28. The lowest BCUT2D eigenvalue weighted by molar-refractivity contribution is 0.0593. The minimum Gasteiger partial charge on any atom is -0.464 e. The van der Waals surface area contributed by atoms with Gasteiger partial charge in [-0.3, -0.25) is 19.3 Å². The summed E-state index contributed by atoms with van der Waals surface area (Å²) in [6, 6.07) is 9.58. The third kappa shape index (κ3) is 3.74. The number of carbonyl (C=O) groups is 2. The van der Waals surface area contributed by atoms with Crippen molar-refractivity contribution >= 4 is 44.6 Å². The number of benzene rings is 1. The topological polar surface area (TPSA) is 103 Å². The van der Waals surface area contributed by atoms with Crippen LogP contribution in [0.2, 0.25) is 0 Å². The van der Waals surface area contributed by atoms with Crippen molar-refractivity contribution in [2.24, 2.45) is 0 Å². The van der Waals surface area contributed by atoms with E-state index in [0.29, 0.717) is 22.0 Å². The molecular formula is C20H16N4O4S2. The molecule has 4 rings (SSSR count). The van der Waals surface area contributed by atoms with Crippen LogP contribution in [-0.2, 0) is 11.2 Å². The summed E-state index contributed by atoms with van der Waals surface area (Å²) in [5.41, 5.74) is 1.28. The summed E-state index contributed by atoms with van der Waals surface area (Å²) in [5, 5.41) is 4.61. The molecule has 0 unspecified atom stereocenters. The number of nitrogens with one attached hydrogen (secondary N) is 1. The lowest BCUT2D eigenvalue weighted by Gasteiger charge is -2.02. The summed E-state index contributed by atoms with van der Waals surface area (Å²) in [4.78, 5) is 47.1. The maximum Gasteiger partial charge on any atom is 0.357 e. The van der Waals surface area contributed by atoms with Gasteiger partial charge in [-0.1, -0.05) is 30.3 Å². The van der Waals surface area contributed by atoms with Crippen LogP contribution in [-0.4, -0.2) is 33.4 Å². The predicted octanol–water partition coefficient (Wildman–Crippen LogP) is 3.15. The monoisotopic (exact) mass is 440 g/mol. The number of ether oxygens (including phenoxy) is 1. The first-order valence-corrected chi connectivity index (χ1v) is 10.6. The van der Waals surface area contributed by atoms with Gasteiger partial charge in [0.2, 0.25) is 0 Å². The first-order chi connectivity index (χ1) is 14.5. The molecule has 0 aliphatic carbocycles. The van der Waals surface area contributed by atoms with Crippen LogP contribution in [0.3, 0.4) is 0 Å². The maximum atomic E-state index is 12.7. The van der Waals surface area contributed by atoms with Gasteiger partial charge in [0.15, 0.2) is 15.8 Å². The molecule has 0 radical (unpaired) electrons. The summed E-state index contributed by atoms with van der Waals surface area (Å²) in [5.74, 6) is -1.22. The largest absolute Gasteiger partial charge is 0.464 e. The predicted molar refractivity (Wildman–Crippen MR) is 115 cm³/mol. The van der Waals surface area contributed by atoms with Crippen molar-refractivity contribution in [2.45, 2.75) is 13.3 Å². The van der Waals surface area contributed by atoms with Crippen molar-refractivity contribution in [1.29, 1.82) is 0 Å². The Hall–Kier alpha value is -3.37. The molecule has 8 nitrogen and oxygen atoms in total. The molecule has 0 fully saturated rings. The molecule has 4 aromatic rings. The van der Waals surface area contributed by atoms with Crippen LogP contribution in [0.4, 0.5) is 5.13 Å². The van der Waals surface area contributed by atoms with Gasteiger partial charge < -0.3 is 4.74 Å². The molecule has 0 bridgehead atoms. The maximum absolute atomic E-state index is 12.7. The van der Waals surface area contributed by atoms with E-state index in [-0.39, 0.29) is 16.4 Å². The number of esters is 1. The van der Waals surface area contributed by atoms with Crippen LogP contribution in [0.15, 0.2) is 46.7 Å². The summed E-state index contributed by atoms with van der Waals surface area (Å²) < 4.78 is 6.21. The fourth-order valence-corrected chi connectivity index (χ4v) is 4.71. The molecule has 3 heterocycles. The third-order valence-corrected chi connectivity index (χ3v) is 6.29. The van der Waals surface area contributed by atoms with Gasteiger partial charge in [-0.15, -0.1) is 22.7 Å². The number of methoxy groups -OCH3 is 1. The van der Waals surface area contributed by atoms with Gasteiger partial charge in [-0.05, 0) is 12.5 Å². The second-order valence-electron chi connectivity index (χ2n) is 6.37. The van der Waals surface area contributed by atoms with Crippen LogP contribution in [0.1, 0.15) is 37.0 Å². The number of hydrogen-bond donors (Lipinski definition) is 1. The highest BCUT2D eigenvalue weighted by Gasteiger charge is 2.22. The third-order valence-electron chi connectivity index (χ3n) is 4.37. The van der Waals surface area contributed by atoms with Gasteiger partial charge >= 0.3 is 5.97 Å². The molecule has 0 spiro atoms. The molecule has 0 aliphatic rings. The van der Waals surface area contributed by atoms with Crippen molar-refractivity contribution < 1.29 is 14.3 Å². The van der Waals surface area contributed by atoms with Crippen LogP contribution in [0.5, 0.6) is 0 Å². The van der Waals surface area contributed by atoms with Crippen molar-refractivity contribution in [3.05, 3.63) is 79.7 Å². The average molecular weight is 441 g/mol. The lowest BCUT2D eigenvalue weighted by Crippen LogP contribution is -2.26. The summed E-state index contributed by atoms with van der Waals surface area (Å²) in [6.45, 7) is 1.77. The number of carbonyl (C=O) groups excluding carboxylic acids is 2. The molecule has 1 N–H and O–H groups in total. The van der Waals surface area contributed by atoms with E-state index in [1.165, 1.54) is 29.0 Å². The number of nitrogens with zero attached hydrogens (tertiary/aromatic N) is 3. The Morgan fingerprint density at radius 3 is 2.73 bits per heavy atom. The van der Waals surface area contributed by atoms with Crippen LogP contribution in [0.25, 0.3) is 4.96 Å². The number of anilines is 1. The zero-order chi connectivity index (χ0) is 21.3. The van der Waals surface area contributed by atoms with Gasteiger partial charge in [-0.2, -0.15) is 0 Å². The van der Waals surface area contributed by atoms with E-state index < -0.39 is 17.4 Å². The number of rotatable bonds is 5. The van der Waals surface area contributed by atoms with Crippen molar-refractivity contribution in [3.8, 4) is 0 Å². The molecule has 0 atom stereocenters. The van der Waals surface area contributed by atoms with Crippen LogP contribution < -0.4 is 10.9 Å². The molecule has 1 amide bonds. The molecule has 3 aromatic heterocycles. The molecular weight excluding hydrogens is 424 g/mol. The number of thiazole rings is 2. The van der Waals surface area contributed by atoms with Crippen molar-refractivity contribution in [3.63, 3.8) is 0 Å². The second-order valence-corrected chi connectivity index (χ2v) is 8.29. The smallest absolute Gasteiger partial charge is 0.357 e. The summed E-state index contributed by atoms with van der Waals surface area (Å²) in [6.07, 6.45) is 1.71. The van der Waals surface area contributed by atoms with Crippen molar-refractivity contribution in [1.82, 2.24) is 14.4 Å². The van der Waals surface area contributed by atoms with E-state index in [0.717, 1.165) is 16.9 Å². The Kier molecular flexibility index (Phi) is 5.42. The molecule has 10 heteroatoms. The number of hydrogen-bond acceptors (Lipinski definition) is 8. The highest BCUT2D eigenvalue weighted by molar-refractivity contribution is 7.16. The molecule has 1 aromatic carbocycles. The molecule has 0 aliphatic heterocycles. The molecule has 0 saturated carbocycles. The Morgan fingerprint density at radius 1 is 1.23 bits per heavy atom. The number of amides is 1. The SMILES string of the molecule is COC(=O)c1nc(NC(=O)c2cnc3scc(C)n3c2=O)sc1Cc1ccccc1. The number of aromatic nitrogens is 3. The standard InChI is InChI=1S/C20H16N4O4S2/c1-11-10-29-20-21-9-13(17(26)24(11)20)16(25)23-19-22-15(18(27)28-2)14(30-19)8-12-6-4-3-5-7-12/h3-7,9-10H,8H2,1-2H3,(H,22,23,25). The summed E-state index contributed by atoms with van der Waals surface area (Å²) >= 11 is 2.49. The second kappa shape index (κ2) is 8.17. The molecule has 30 heavy (non-hydrogen) atoms. The van der Waals surface area contributed by atoms with Gasteiger partial charge in [0, 0.05) is 28.6 Å². The Labute approximate surface area is 178 Å². The first kappa shape index (κ1) is 19.9. The van der Waals surface area contributed by atoms with E-state index in [9.17, 15) is 14.4 Å². The minimum absolute atomic E-state index is 0.103. The minimum atomic E-state index is -0.635. The molecule has 152 valence electrons. The van der Waals surface area contributed by atoms with Gasteiger partial charge in [0.25, 0.3) is 11.5 Å². The first-order valence-electron chi connectivity index (χ1n) is 8.87. The van der Waals surface area contributed by atoms with E-state index >= 15 is 0 Å².